The van der Waals surface area contributed by atoms with Crippen LogP contribution in [0.2, 0.25) is 5.02 Å². The van der Waals surface area contributed by atoms with E-state index in [0.29, 0.717) is 20.7 Å². The van der Waals surface area contributed by atoms with Crippen molar-refractivity contribution in [3.63, 3.8) is 0 Å². The van der Waals surface area contributed by atoms with Gasteiger partial charge in [0.25, 0.3) is 0 Å². The summed E-state index contributed by atoms with van der Waals surface area (Å²) in [5, 5.41) is 12.1. The smallest absolute Gasteiger partial charge is 0.179 e. The monoisotopic (exact) mass is 296 g/mol. The van der Waals surface area contributed by atoms with Gasteiger partial charge < -0.3 is 9.52 Å². The molecule has 2 aromatic carbocycles. The van der Waals surface area contributed by atoms with Crippen molar-refractivity contribution in [2.24, 2.45) is 0 Å². The molecule has 0 aliphatic carbocycles. The van der Waals surface area contributed by atoms with Gasteiger partial charge in [-0.3, -0.25) is 0 Å². The molecule has 1 heterocycles. The van der Waals surface area contributed by atoms with Crippen LogP contribution in [0.15, 0.2) is 39.2 Å². The summed E-state index contributed by atoms with van der Waals surface area (Å²) in [6.07, 6.45) is 0. The van der Waals surface area contributed by atoms with E-state index in [9.17, 15) is 5.11 Å². The standard InChI is InChI=1S/C12H6BrClO2/c13-7-5-8(14)10-6-3-1-2-4-9(6)16-12(10)11(7)15/h1-5,15H. The Kier molecular flexibility index (Phi) is 2.13. The molecule has 0 spiro atoms. The van der Waals surface area contributed by atoms with Crippen molar-refractivity contribution in [3.8, 4) is 5.75 Å². The summed E-state index contributed by atoms with van der Waals surface area (Å²) in [4.78, 5) is 0. The fourth-order valence-corrected chi connectivity index (χ4v) is 2.65. The first-order valence-electron chi connectivity index (χ1n) is 4.66. The van der Waals surface area contributed by atoms with E-state index in [4.69, 9.17) is 16.0 Å². The fourth-order valence-electron chi connectivity index (χ4n) is 1.81. The second kappa shape index (κ2) is 3.40. The number of halogens is 2. The molecule has 0 saturated heterocycles. The molecular weight excluding hydrogens is 291 g/mol. The summed E-state index contributed by atoms with van der Waals surface area (Å²) >= 11 is 9.38. The molecule has 16 heavy (non-hydrogen) atoms. The molecule has 1 aromatic heterocycles. The molecule has 1 N–H and O–H groups in total. The van der Waals surface area contributed by atoms with Crippen LogP contribution in [0.1, 0.15) is 0 Å². The molecule has 0 unspecified atom stereocenters. The molecule has 4 heteroatoms. The predicted molar refractivity (Wildman–Crippen MR) is 68.1 cm³/mol. The Balaban J connectivity index is 2.64. The highest BCUT2D eigenvalue weighted by Gasteiger charge is 2.15. The van der Waals surface area contributed by atoms with Gasteiger partial charge in [0.2, 0.25) is 0 Å². The van der Waals surface area contributed by atoms with Gasteiger partial charge in [-0.2, -0.15) is 0 Å². The Bertz CT molecular complexity index is 703. The molecule has 80 valence electrons. The maximum atomic E-state index is 9.88. The van der Waals surface area contributed by atoms with Crippen LogP contribution in [-0.2, 0) is 0 Å². The van der Waals surface area contributed by atoms with Crippen LogP contribution in [0.3, 0.4) is 0 Å². The lowest BCUT2D eigenvalue weighted by molar-refractivity contribution is 0.465. The second-order valence-electron chi connectivity index (χ2n) is 3.49. The highest BCUT2D eigenvalue weighted by Crippen LogP contribution is 2.42. The molecule has 2 nitrogen and oxygen atoms in total. The zero-order valence-corrected chi connectivity index (χ0v) is 10.3. The Morgan fingerprint density at radius 1 is 1.25 bits per heavy atom. The number of hydrogen-bond donors (Lipinski definition) is 1. The number of rotatable bonds is 0. The lowest BCUT2D eigenvalue weighted by atomic mass is 10.1. The highest BCUT2D eigenvalue weighted by atomic mass is 79.9. The fraction of sp³-hybridized carbons (Fsp3) is 0. The van der Waals surface area contributed by atoms with Gasteiger partial charge in [-0.15, -0.1) is 0 Å². The third-order valence-corrected chi connectivity index (χ3v) is 3.43. The van der Waals surface area contributed by atoms with Gasteiger partial charge in [0.05, 0.1) is 14.9 Å². The Labute approximate surface area is 105 Å². The van der Waals surface area contributed by atoms with Crippen LogP contribution < -0.4 is 0 Å². The average Bonchev–Trinajstić information content (AvgIpc) is 2.65. The van der Waals surface area contributed by atoms with Crippen LogP contribution in [0.4, 0.5) is 0 Å². The van der Waals surface area contributed by atoms with Gasteiger partial charge in [-0.25, -0.2) is 0 Å². The van der Waals surface area contributed by atoms with E-state index in [-0.39, 0.29) is 5.75 Å². The zero-order valence-electron chi connectivity index (χ0n) is 8.00. The van der Waals surface area contributed by atoms with E-state index >= 15 is 0 Å². The van der Waals surface area contributed by atoms with Crippen LogP contribution in [-0.4, -0.2) is 5.11 Å². The van der Waals surface area contributed by atoms with Crippen LogP contribution >= 0.6 is 27.5 Å². The summed E-state index contributed by atoms with van der Waals surface area (Å²) in [7, 11) is 0. The first kappa shape index (κ1) is 10.00. The van der Waals surface area contributed by atoms with E-state index in [1.54, 1.807) is 6.07 Å². The first-order valence-corrected chi connectivity index (χ1v) is 5.84. The molecule has 0 aliphatic heterocycles. The number of fused-ring (bicyclic) bond motifs is 3. The quantitative estimate of drug-likeness (QED) is 0.652. The van der Waals surface area contributed by atoms with Gasteiger partial charge in [0.15, 0.2) is 11.3 Å². The third kappa shape index (κ3) is 1.25. The van der Waals surface area contributed by atoms with Crippen molar-refractivity contribution < 1.29 is 9.52 Å². The summed E-state index contributed by atoms with van der Waals surface area (Å²) in [5.41, 5.74) is 1.13. The average molecular weight is 298 g/mol. The van der Waals surface area contributed by atoms with E-state index < -0.39 is 0 Å². The highest BCUT2D eigenvalue weighted by molar-refractivity contribution is 9.10. The van der Waals surface area contributed by atoms with Crippen molar-refractivity contribution in [3.05, 3.63) is 39.8 Å². The molecule has 0 fully saturated rings. The molecule has 0 radical (unpaired) electrons. The second-order valence-corrected chi connectivity index (χ2v) is 4.75. The number of benzene rings is 2. The molecule has 3 aromatic rings. The van der Waals surface area contributed by atoms with Crippen molar-refractivity contribution >= 4 is 49.5 Å². The number of furan rings is 1. The maximum Gasteiger partial charge on any atom is 0.179 e. The van der Waals surface area contributed by atoms with Crippen LogP contribution in [0, 0.1) is 0 Å². The lowest BCUT2D eigenvalue weighted by Gasteiger charge is -1.99. The number of aromatic hydroxyl groups is 1. The molecule has 0 bridgehead atoms. The SMILES string of the molecule is Oc1c(Br)cc(Cl)c2c1oc1ccccc12. The minimum Gasteiger partial charge on any atom is -0.503 e. The predicted octanol–water partition coefficient (Wildman–Crippen LogP) is 4.71. The van der Waals surface area contributed by atoms with Crippen molar-refractivity contribution in [2.75, 3.05) is 0 Å². The molecule has 0 atom stereocenters. The van der Waals surface area contributed by atoms with Crippen molar-refractivity contribution in [1.82, 2.24) is 0 Å². The number of hydrogen-bond acceptors (Lipinski definition) is 2. The molecule has 0 saturated carbocycles. The van der Waals surface area contributed by atoms with E-state index in [1.807, 2.05) is 24.3 Å². The van der Waals surface area contributed by atoms with Gasteiger partial charge in [-0.1, -0.05) is 29.8 Å². The number of phenols is 1. The normalized spacial score (nSPS) is 11.4. The first-order chi connectivity index (χ1) is 7.68. The summed E-state index contributed by atoms with van der Waals surface area (Å²) in [6, 6.07) is 9.22. The van der Waals surface area contributed by atoms with Gasteiger partial charge >= 0.3 is 0 Å². The summed E-state index contributed by atoms with van der Waals surface area (Å²) in [5.74, 6) is 0.0793. The molecule has 0 aliphatic rings. The minimum absolute atomic E-state index is 0.0793. The Morgan fingerprint density at radius 2 is 2.00 bits per heavy atom. The number of para-hydroxylation sites is 1. The van der Waals surface area contributed by atoms with Crippen LogP contribution in [0.5, 0.6) is 5.75 Å². The third-order valence-electron chi connectivity index (χ3n) is 2.53. The van der Waals surface area contributed by atoms with Crippen LogP contribution in [0.25, 0.3) is 21.9 Å². The van der Waals surface area contributed by atoms with E-state index in [0.717, 1.165) is 10.8 Å². The number of phenolic OH excluding ortho intramolecular Hbond substituents is 1. The molecule has 0 amide bonds. The summed E-state index contributed by atoms with van der Waals surface area (Å²) in [6.45, 7) is 0. The van der Waals surface area contributed by atoms with Crippen molar-refractivity contribution in [1.29, 1.82) is 0 Å². The maximum absolute atomic E-state index is 9.88. The van der Waals surface area contributed by atoms with E-state index in [1.165, 1.54) is 0 Å². The Hall–Kier alpha value is -1.19. The topological polar surface area (TPSA) is 33.4 Å². The largest absolute Gasteiger partial charge is 0.503 e. The lowest BCUT2D eigenvalue weighted by Crippen LogP contribution is -1.73. The minimum atomic E-state index is 0.0793. The van der Waals surface area contributed by atoms with Gasteiger partial charge in [-0.05, 0) is 28.1 Å². The Morgan fingerprint density at radius 3 is 2.81 bits per heavy atom. The van der Waals surface area contributed by atoms with Gasteiger partial charge in [0, 0.05) is 5.39 Å². The summed E-state index contributed by atoms with van der Waals surface area (Å²) < 4.78 is 6.11. The van der Waals surface area contributed by atoms with Gasteiger partial charge in [0.1, 0.15) is 5.58 Å². The van der Waals surface area contributed by atoms with Crippen molar-refractivity contribution in [2.45, 2.75) is 0 Å². The van der Waals surface area contributed by atoms with E-state index in [2.05, 4.69) is 15.9 Å². The zero-order chi connectivity index (χ0) is 11.3. The molecular formula is C12H6BrClO2. The molecule has 3 rings (SSSR count).